The van der Waals surface area contributed by atoms with Crippen molar-refractivity contribution in [3.63, 3.8) is 0 Å². The van der Waals surface area contributed by atoms with Gasteiger partial charge in [0.15, 0.2) is 0 Å². The lowest BCUT2D eigenvalue weighted by atomic mass is 10.0. The maximum atomic E-state index is 10.9. The van der Waals surface area contributed by atoms with Crippen LogP contribution in [0.1, 0.15) is 22.8 Å². The number of carbonyl (C=O) groups is 1. The van der Waals surface area contributed by atoms with Gasteiger partial charge in [-0.1, -0.05) is 18.2 Å². The fourth-order valence-electron chi connectivity index (χ4n) is 1.29. The Morgan fingerprint density at radius 1 is 1.31 bits per heavy atom. The van der Waals surface area contributed by atoms with Crippen molar-refractivity contribution in [1.82, 2.24) is 0 Å². The molecule has 16 heavy (non-hydrogen) atoms. The summed E-state index contributed by atoms with van der Waals surface area (Å²) in [6.07, 6.45) is 0. The third kappa shape index (κ3) is 3.36. The van der Waals surface area contributed by atoms with Gasteiger partial charge in [-0.05, 0) is 24.1 Å². The predicted molar refractivity (Wildman–Crippen MR) is 61.8 cm³/mol. The number of allylic oxidation sites excluding steroid dienone is 1. The van der Waals surface area contributed by atoms with Gasteiger partial charge in [-0.15, -0.1) is 0 Å². The number of carboxylic acid groups (broad SMARTS) is 1. The van der Waals surface area contributed by atoms with Crippen LogP contribution in [0.2, 0.25) is 0 Å². The van der Waals surface area contributed by atoms with Crippen LogP contribution in [0.4, 0.5) is 0 Å². The Balaban J connectivity index is 3.34. The highest BCUT2D eigenvalue weighted by Crippen LogP contribution is 2.20. The monoisotopic (exact) mass is 260 g/mol. The summed E-state index contributed by atoms with van der Waals surface area (Å²) >= 11 is 0. The van der Waals surface area contributed by atoms with E-state index < -0.39 is 15.0 Å². The summed E-state index contributed by atoms with van der Waals surface area (Å²) in [5, 5.41) is 9.73. The molecule has 1 aromatic carbocycles. The molecule has 0 fully saturated rings. The summed E-state index contributed by atoms with van der Waals surface area (Å²) in [4.78, 5) is 10.9. The van der Waals surface area contributed by atoms with E-state index in [1.807, 2.05) is 0 Å². The number of hydrogen-bond donors (Lipinski definition) is 1. The van der Waals surface area contributed by atoms with Gasteiger partial charge in [-0.2, -0.15) is 0 Å². The largest absolute Gasteiger partial charge is 0.478 e. The van der Waals surface area contributed by atoms with E-state index in [0.717, 1.165) is 5.41 Å². The molecule has 0 atom stereocenters. The number of hydrogen-bond acceptors (Lipinski definition) is 3. The molecule has 1 N–H and O–H groups in total. The molecule has 0 aliphatic heterocycles. The zero-order chi connectivity index (χ0) is 12.3. The first-order valence-electron chi connectivity index (χ1n) is 4.27. The molecule has 0 aromatic heterocycles. The Morgan fingerprint density at radius 3 is 2.25 bits per heavy atom. The number of benzene rings is 1. The van der Waals surface area contributed by atoms with E-state index in [1.165, 1.54) is 19.1 Å². The summed E-state index contributed by atoms with van der Waals surface area (Å²) in [6.45, 7) is 1.49. The van der Waals surface area contributed by atoms with E-state index in [0.29, 0.717) is 5.56 Å². The molecule has 86 valence electrons. The standard InChI is InChI=1S/C10H9ClO4S/c1-7(6-16(11,14)15)8-4-2-3-5-9(8)10(12)13/h2-6H,1H3,(H,12,13)/b7-6+. The van der Waals surface area contributed by atoms with Crippen LogP contribution in [-0.4, -0.2) is 19.5 Å². The predicted octanol–water partition coefficient (Wildman–Crippen LogP) is 2.31. The Hall–Kier alpha value is -1.33. The molecular weight excluding hydrogens is 252 g/mol. The van der Waals surface area contributed by atoms with Crippen LogP contribution in [0.5, 0.6) is 0 Å². The van der Waals surface area contributed by atoms with Crippen LogP contribution in [0.15, 0.2) is 29.7 Å². The Kier molecular flexibility index (Phi) is 3.72. The summed E-state index contributed by atoms with van der Waals surface area (Å²) in [7, 11) is 1.26. The molecule has 0 heterocycles. The lowest BCUT2D eigenvalue weighted by Gasteiger charge is -2.04. The van der Waals surface area contributed by atoms with Crippen LogP contribution in [0, 0.1) is 0 Å². The third-order valence-corrected chi connectivity index (χ3v) is 2.80. The number of aromatic carboxylic acids is 1. The lowest BCUT2D eigenvalue weighted by Crippen LogP contribution is -2.01. The van der Waals surface area contributed by atoms with E-state index >= 15 is 0 Å². The van der Waals surface area contributed by atoms with Gasteiger partial charge < -0.3 is 5.11 Å². The minimum atomic E-state index is -3.80. The van der Waals surface area contributed by atoms with Crippen molar-refractivity contribution in [3.05, 3.63) is 40.8 Å². The molecule has 0 saturated carbocycles. The van der Waals surface area contributed by atoms with Crippen LogP contribution in [-0.2, 0) is 9.05 Å². The zero-order valence-corrected chi connectivity index (χ0v) is 9.92. The molecule has 4 nitrogen and oxygen atoms in total. The molecule has 0 saturated heterocycles. The van der Waals surface area contributed by atoms with Crippen molar-refractivity contribution in [2.75, 3.05) is 0 Å². The average molecular weight is 261 g/mol. The second kappa shape index (κ2) is 4.67. The van der Waals surface area contributed by atoms with Gasteiger partial charge in [0.05, 0.1) is 5.56 Å². The highest BCUT2D eigenvalue weighted by molar-refractivity contribution is 8.16. The smallest absolute Gasteiger partial charge is 0.336 e. The van der Waals surface area contributed by atoms with Gasteiger partial charge in [0, 0.05) is 16.1 Å². The van der Waals surface area contributed by atoms with Gasteiger partial charge >= 0.3 is 5.97 Å². The van der Waals surface area contributed by atoms with Crippen molar-refractivity contribution in [1.29, 1.82) is 0 Å². The van der Waals surface area contributed by atoms with Crippen molar-refractivity contribution < 1.29 is 18.3 Å². The van der Waals surface area contributed by atoms with Crippen LogP contribution < -0.4 is 0 Å². The first kappa shape index (κ1) is 12.7. The molecule has 0 aliphatic carbocycles. The van der Waals surface area contributed by atoms with Crippen molar-refractivity contribution in [3.8, 4) is 0 Å². The average Bonchev–Trinajstić information content (AvgIpc) is 2.15. The second-order valence-corrected chi connectivity index (χ2v) is 5.60. The maximum absolute atomic E-state index is 10.9. The molecule has 0 radical (unpaired) electrons. The van der Waals surface area contributed by atoms with Crippen LogP contribution in [0.3, 0.4) is 0 Å². The van der Waals surface area contributed by atoms with Gasteiger partial charge in [-0.3, -0.25) is 0 Å². The highest BCUT2D eigenvalue weighted by atomic mass is 35.7. The molecule has 0 unspecified atom stereocenters. The lowest BCUT2D eigenvalue weighted by molar-refractivity contribution is 0.0696. The van der Waals surface area contributed by atoms with Gasteiger partial charge in [0.1, 0.15) is 0 Å². The summed E-state index contributed by atoms with van der Waals surface area (Å²) in [5.41, 5.74) is 0.656. The summed E-state index contributed by atoms with van der Waals surface area (Å²) in [5.74, 6) is -1.12. The molecule has 1 rings (SSSR count). The third-order valence-electron chi connectivity index (χ3n) is 1.90. The van der Waals surface area contributed by atoms with E-state index in [1.54, 1.807) is 12.1 Å². The van der Waals surface area contributed by atoms with Crippen molar-refractivity contribution >= 4 is 31.3 Å². The molecule has 1 aromatic rings. The van der Waals surface area contributed by atoms with E-state index in [4.69, 9.17) is 15.8 Å². The minimum absolute atomic E-state index is 0.0385. The minimum Gasteiger partial charge on any atom is -0.478 e. The Bertz CT molecular complexity index is 546. The molecule has 6 heteroatoms. The topological polar surface area (TPSA) is 71.4 Å². The number of rotatable bonds is 3. The SMILES string of the molecule is C/C(=C\S(=O)(=O)Cl)c1ccccc1C(=O)O. The summed E-state index contributed by atoms with van der Waals surface area (Å²) in [6, 6.07) is 6.11. The molecular formula is C10H9ClO4S. The number of halogens is 1. The van der Waals surface area contributed by atoms with Gasteiger partial charge in [0.2, 0.25) is 0 Å². The van der Waals surface area contributed by atoms with Gasteiger partial charge in [-0.25, -0.2) is 13.2 Å². The van der Waals surface area contributed by atoms with E-state index in [2.05, 4.69) is 0 Å². The van der Waals surface area contributed by atoms with Crippen molar-refractivity contribution in [2.45, 2.75) is 6.92 Å². The normalized spacial score (nSPS) is 12.5. The molecule has 0 amide bonds. The van der Waals surface area contributed by atoms with Crippen LogP contribution >= 0.6 is 10.7 Å². The highest BCUT2D eigenvalue weighted by Gasteiger charge is 2.11. The quantitative estimate of drug-likeness (QED) is 0.847. The first-order valence-corrected chi connectivity index (χ1v) is 6.64. The second-order valence-electron chi connectivity index (χ2n) is 3.13. The zero-order valence-electron chi connectivity index (χ0n) is 8.34. The fourth-order valence-corrected chi connectivity index (χ4v) is 2.24. The van der Waals surface area contributed by atoms with E-state index in [9.17, 15) is 13.2 Å². The Labute approximate surface area is 97.6 Å². The first-order chi connectivity index (χ1) is 7.31. The molecule has 0 spiro atoms. The molecule has 0 bridgehead atoms. The van der Waals surface area contributed by atoms with Crippen LogP contribution in [0.25, 0.3) is 5.57 Å². The van der Waals surface area contributed by atoms with Crippen molar-refractivity contribution in [2.24, 2.45) is 0 Å². The van der Waals surface area contributed by atoms with E-state index in [-0.39, 0.29) is 11.1 Å². The fraction of sp³-hybridized carbons (Fsp3) is 0.100. The maximum Gasteiger partial charge on any atom is 0.336 e. The van der Waals surface area contributed by atoms with Gasteiger partial charge in [0.25, 0.3) is 9.05 Å². The molecule has 0 aliphatic rings. The number of carboxylic acids is 1. The summed E-state index contributed by atoms with van der Waals surface area (Å²) < 4.78 is 21.7. The Morgan fingerprint density at radius 2 is 1.81 bits per heavy atom.